The molecule has 1 saturated heterocycles. The summed E-state index contributed by atoms with van der Waals surface area (Å²) < 4.78 is 6.66. The van der Waals surface area contributed by atoms with E-state index < -0.39 is 0 Å². The Morgan fingerprint density at radius 1 is 1.32 bits per heavy atom. The Hall–Kier alpha value is -0.820. The van der Waals surface area contributed by atoms with Gasteiger partial charge in [-0.1, -0.05) is 0 Å². The molecule has 5 heteroatoms. The maximum Gasteiger partial charge on any atom is 0.260 e. The summed E-state index contributed by atoms with van der Waals surface area (Å²) in [5.74, 6) is 1.38. The molecule has 0 saturated carbocycles. The van der Waals surface area contributed by atoms with Crippen molar-refractivity contribution in [1.29, 1.82) is 0 Å². The second-order valence-corrected chi connectivity index (χ2v) is 6.05. The monoisotopic (exact) mass is 374 g/mol. The average Bonchev–Trinajstić information content (AvgIpc) is 2.46. The molecule has 0 radical (unpaired) electrons. The minimum absolute atomic E-state index is 0.0639. The van der Waals surface area contributed by atoms with Crippen molar-refractivity contribution in [2.45, 2.75) is 12.8 Å². The van der Waals surface area contributed by atoms with Crippen molar-refractivity contribution >= 4 is 28.5 Å². The van der Waals surface area contributed by atoms with E-state index in [2.05, 4.69) is 22.6 Å². The van der Waals surface area contributed by atoms with Crippen LogP contribution in [0.25, 0.3) is 0 Å². The van der Waals surface area contributed by atoms with Gasteiger partial charge < -0.3 is 15.4 Å². The van der Waals surface area contributed by atoms with Crippen LogP contribution < -0.4 is 10.5 Å². The van der Waals surface area contributed by atoms with Crippen molar-refractivity contribution < 1.29 is 9.53 Å². The van der Waals surface area contributed by atoms with Crippen molar-refractivity contribution in [3.05, 3.63) is 27.8 Å². The maximum atomic E-state index is 12.0. The molecule has 0 aliphatic carbocycles. The predicted molar refractivity (Wildman–Crippen MR) is 83.0 cm³/mol. The first kappa shape index (κ1) is 14.6. The van der Waals surface area contributed by atoms with E-state index in [4.69, 9.17) is 10.5 Å². The zero-order valence-corrected chi connectivity index (χ0v) is 13.0. The fourth-order valence-corrected chi connectivity index (χ4v) is 2.54. The second-order valence-electron chi connectivity index (χ2n) is 4.80. The summed E-state index contributed by atoms with van der Waals surface area (Å²) in [6.07, 6.45) is 2.01. The van der Waals surface area contributed by atoms with Gasteiger partial charge in [-0.3, -0.25) is 4.79 Å². The Balaban J connectivity index is 1.77. The molecule has 1 heterocycles. The Labute approximate surface area is 127 Å². The summed E-state index contributed by atoms with van der Waals surface area (Å²) in [4.78, 5) is 13.9. The van der Waals surface area contributed by atoms with Gasteiger partial charge in [0.1, 0.15) is 5.75 Å². The highest BCUT2D eigenvalue weighted by Crippen LogP contribution is 2.17. The first-order valence-corrected chi connectivity index (χ1v) is 7.63. The Morgan fingerprint density at radius 3 is 2.53 bits per heavy atom. The van der Waals surface area contributed by atoms with Gasteiger partial charge in [0.2, 0.25) is 0 Å². The molecule has 1 aliphatic rings. The molecule has 1 fully saturated rings. The van der Waals surface area contributed by atoms with E-state index >= 15 is 0 Å². The lowest BCUT2D eigenvalue weighted by molar-refractivity contribution is -0.134. The number of piperidine rings is 1. The molecule has 2 rings (SSSR count). The SMILES string of the molecule is NCC1CCN(C(=O)COc2ccc(I)cc2)CC1. The normalized spacial score (nSPS) is 16.4. The standard InChI is InChI=1S/C14H19IN2O2/c15-12-1-3-13(4-2-12)19-10-14(18)17-7-5-11(9-16)6-8-17/h1-4,11H,5-10,16H2. The molecule has 1 aliphatic heterocycles. The van der Waals surface area contributed by atoms with Gasteiger partial charge in [-0.05, 0) is 72.2 Å². The molecule has 2 N–H and O–H groups in total. The number of nitrogens with two attached hydrogens (primary N) is 1. The van der Waals surface area contributed by atoms with Crippen LogP contribution >= 0.6 is 22.6 Å². The number of halogens is 1. The van der Waals surface area contributed by atoms with Gasteiger partial charge in [0.25, 0.3) is 5.91 Å². The van der Waals surface area contributed by atoms with E-state index in [9.17, 15) is 4.79 Å². The molecule has 0 spiro atoms. The number of carbonyl (C=O) groups is 1. The van der Waals surface area contributed by atoms with Crippen LogP contribution in [0.2, 0.25) is 0 Å². The quantitative estimate of drug-likeness (QED) is 0.819. The molecular formula is C14H19IN2O2. The van der Waals surface area contributed by atoms with Gasteiger partial charge in [-0.2, -0.15) is 0 Å². The number of hydrogen-bond donors (Lipinski definition) is 1. The fraction of sp³-hybridized carbons (Fsp3) is 0.500. The van der Waals surface area contributed by atoms with Gasteiger partial charge in [0, 0.05) is 16.7 Å². The molecule has 0 bridgehead atoms. The number of hydrogen-bond acceptors (Lipinski definition) is 3. The van der Waals surface area contributed by atoms with Crippen LogP contribution in [0, 0.1) is 9.49 Å². The van der Waals surface area contributed by atoms with Gasteiger partial charge in [-0.15, -0.1) is 0 Å². The van der Waals surface area contributed by atoms with Gasteiger partial charge in [-0.25, -0.2) is 0 Å². The number of benzene rings is 1. The van der Waals surface area contributed by atoms with Crippen LogP contribution in [0.3, 0.4) is 0 Å². The molecule has 0 atom stereocenters. The van der Waals surface area contributed by atoms with Crippen LogP contribution in [0.15, 0.2) is 24.3 Å². The topological polar surface area (TPSA) is 55.6 Å². The van der Waals surface area contributed by atoms with E-state index in [1.807, 2.05) is 29.2 Å². The Kier molecular flexibility index (Phi) is 5.45. The summed E-state index contributed by atoms with van der Waals surface area (Å²) in [7, 11) is 0. The third-order valence-corrected chi connectivity index (χ3v) is 4.20. The van der Waals surface area contributed by atoms with E-state index in [0.29, 0.717) is 5.92 Å². The summed E-state index contributed by atoms with van der Waals surface area (Å²) in [5, 5.41) is 0. The lowest BCUT2D eigenvalue weighted by atomic mass is 9.97. The molecule has 0 unspecified atom stereocenters. The van der Waals surface area contributed by atoms with E-state index in [-0.39, 0.29) is 12.5 Å². The Bertz CT molecular complexity index is 414. The number of amides is 1. The van der Waals surface area contributed by atoms with Crippen molar-refractivity contribution in [2.24, 2.45) is 11.7 Å². The summed E-state index contributed by atoms with van der Waals surface area (Å²) in [6, 6.07) is 7.70. The minimum Gasteiger partial charge on any atom is -0.484 e. The zero-order valence-electron chi connectivity index (χ0n) is 10.8. The molecule has 1 amide bonds. The molecule has 19 heavy (non-hydrogen) atoms. The first-order valence-electron chi connectivity index (χ1n) is 6.55. The number of nitrogens with zero attached hydrogens (tertiary/aromatic N) is 1. The smallest absolute Gasteiger partial charge is 0.260 e. The highest BCUT2D eigenvalue weighted by molar-refractivity contribution is 14.1. The van der Waals surface area contributed by atoms with Crippen LogP contribution in [-0.4, -0.2) is 37.0 Å². The number of ether oxygens (including phenoxy) is 1. The predicted octanol–water partition coefficient (Wildman–Crippen LogP) is 1.87. The van der Waals surface area contributed by atoms with Crippen molar-refractivity contribution in [2.75, 3.05) is 26.2 Å². The van der Waals surface area contributed by atoms with Crippen LogP contribution in [0.5, 0.6) is 5.75 Å². The molecule has 104 valence electrons. The lowest BCUT2D eigenvalue weighted by Crippen LogP contribution is -2.42. The third-order valence-electron chi connectivity index (χ3n) is 3.48. The van der Waals surface area contributed by atoms with Crippen LogP contribution in [0.1, 0.15) is 12.8 Å². The van der Waals surface area contributed by atoms with Crippen molar-refractivity contribution in [1.82, 2.24) is 4.90 Å². The largest absolute Gasteiger partial charge is 0.484 e. The van der Waals surface area contributed by atoms with E-state index in [1.54, 1.807) is 0 Å². The second kappa shape index (κ2) is 7.09. The number of rotatable bonds is 4. The minimum atomic E-state index is 0.0639. The summed E-state index contributed by atoms with van der Waals surface area (Å²) in [5.41, 5.74) is 5.64. The molecule has 0 aromatic heterocycles. The maximum absolute atomic E-state index is 12.0. The molecule has 4 nitrogen and oxygen atoms in total. The average molecular weight is 374 g/mol. The van der Waals surface area contributed by atoms with E-state index in [1.165, 1.54) is 0 Å². The van der Waals surface area contributed by atoms with Gasteiger partial charge >= 0.3 is 0 Å². The number of likely N-dealkylation sites (tertiary alicyclic amines) is 1. The third kappa shape index (κ3) is 4.35. The first-order chi connectivity index (χ1) is 9.19. The van der Waals surface area contributed by atoms with Gasteiger partial charge in [0.15, 0.2) is 6.61 Å². The molecular weight excluding hydrogens is 355 g/mol. The summed E-state index contributed by atoms with van der Waals surface area (Å²) >= 11 is 2.24. The molecule has 1 aromatic carbocycles. The van der Waals surface area contributed by atoms with Gasteiger partial charge in [0.05, 0.1) is 0 Å². The van der Waals surface area contributed by atoms with Crippen LogP contribution in [-0.2, 0) is 4.79 Å². The van der Waals surface area contributed by atoms with E-state index in [0.717, 1.165) is 41.8 Å². The zero-order chi connectivity index (χ0) is 13.7. The van der Waals surface area contributed by atoms with Crippen LogP contribution in [0.4, 0.5) is 0 Å². The molecule has 1 aromatic rings. The number of carbonyl (C=O) groups excluding carboxylic acids is 1. The highest BCUT2D eigenvalue weighted by atomic mass is 127. The highest BCUT2D eigenvalue weighted by Gasteiger charge is 2.21. The fourth-order valence-electron chi connectivity index (χ4n) is 2.19. The van der Waals surface area contributed by atoms with Crippen molar-refractivity contribution in [3.63, 3.8) is 0 Å². The van der Waals surface area contributed by atoms with Crippen molar-refractivity contribution in [3.8, 4) is 5.75 Å². The summed E-state index contributed by atoms with van der Waals surface area (Å²) in [6.45, 7) is 2.45. The Morgan fingerprint density at radius 2 is 1.95 bits per heavy atom. The lowest BCUT2D eigenvalue weighted by Gasteiger charge is -2.31.